The van der Waals surface area contributed by atoms with Crippen LogP contribution < -0.4 is 10.6 Å². The molecule has 0 aliphatic carbocycles. The van der Waals surface area contributed by atoms with Crippen LogP contribution in [0.4, 0.5) is 22.0 Å². The molecule has 3 aliphatic rings. The van der Waals surface area contributed by atoms with Gasteiger partial charge < -0.3 is 10.6 Å². The van der Waals surface area contributed by atoms with Crippen LogP contribution in [0.2, 0.25) is 0 Å². The van der Waals surface area contributed by atoms with Gasteiger partial charge in [0.2, 0.25) is 0 Å². The summed E-state index contributed by atoms with van der Waals surface area (Å²) in [5.41, 5.74) is -3.27. The van der Waals surface area contributed by atoms with Gasteiger partial charge in [-0.25, -0.2) is 8.78 Å². The Balaban J connectivity index is 2.08. The normalized spacial score (nSPS) is 27.3. The van der Waals surface area contributed by atoms with E-state index in [1.807, 2.05) is 0 Å². The third-order valence-electron chi connectivity index (χ3n) is 6.03. The number of nitrogens with one attached hydrogen (secondary N) is 2. The van der Waals surface area contributed by atoms with E-state index < -0.39 is 41.3 Å². The molecule has 1 amide bonds. The number of alkyl halides is 5. The van der Waals surface area contributed by atoms with Gasteiger partial charge in [-0.2, -0.15) is 18.3 Å². The lowest BCUT2D eigenvalue weighted by Crippen LogP contribution is -2.58. The van der Waals surface area contributed by atoms with Gasteiger partial charge in [-0.1, -0.05) is 25.1 Å². The molecule has 4 rings (SSSR count). The first kappa shape index (κ1) is 21.5. The smallest absolute Gasteiger partial charge is 0.362 e. The Kier molecular flexibility index (Phi) is 4.75. The summed E-state index contributed by atoms with van der Waals surface area (Å²) < 4.78 is 68.6. The summed E-state index contributed by atoms with van der Waals surface area (Å²) in [7, 11) is 0. The van der Waals surface area contributed by atoms with Crippen molar-refractivity contribution in [3.63, 3.8) is 0 Å². The van der Waals surface area contributed by atoms with E-state index in [0.29, 0.717) is 12.1 Å². The van der Waals surface area contributed by atoms with Gasteiger partial charge in [0, 0.05) is 28.8 Å². The molecule has 1 aromatic carbocycles. The molecule has 0 fully saturated rings. The predicted molar refractivity (Wildman–Crippen MR) is 102 cm³/mol. The van der Waals surface area contributed by atoms with Crippen molar-refractivity contribution in [2.45, 2.75) is 63.3 Å². The van der Waals surface area contributed by atoms with Crippen molar-refractivity contribution < 1.29 is 26.7 Å². The quantitative estimate of drug-likeness (QED) is 0.647. The van der Waals surface area contributed by atoms with E-state index in [9.17, 15) is 26.7 Å². The van der Waals surface area contributed by atoms with Crippen LogP contribution in [-0.2, 0) is 10.2 Å². The average Bonchev–Trinajstić information content (AvgIpc) is 3.10. The number of amides is 1. The number of azo groups is 1. The van der Waals surface area contributed by atoms with Crippen molar-refractivity contribution in [3.05, 3.63) is 57.9 Å². The second-order valence-electron chi connectivity index (χ2n) is 8.58. The number of nitrogens with zero attached hydrogens (tertiary/aromatic N) is 2. The minimum absolute atomic E-state index is 0.0322. The molecule has 0 saturated heterocycles. The summed E-state index contributed by atoms with van der Waals surface area (Å²) in [5.74, 6) is -0.539. The fourth-order valence-corrected chi connectivity index (χ4v) is 4.87. The molecule has 2 N–H and O–H groups in total. The van der Waals surface area contributed by atoms with Gasteiger partial charge in [0.25, 0.3) is 12.3 Å². The highest BCUT2D eigenvalue weighted by atomic mass is 19.4. The third kappa shape index (κ3) is 3.23. The summed E-state index contributed by atoms with van der Waals surface area (Å²) in [6.45, 7) is 5.22. The van der Waals surface area contributed by atoms with Gasteiger partial charge in [0.1, 0.15) is 0 Å². The van der Waals surface area contributed by atoms with Crippen molar-refractivity contribution in [2.75, 3.05) is 0 Å². The molecule has 2 unspecified atom stereocenters. The van der Waals surface area contributed by atoms with Crippen molar-refractivity contribution in [1.82, 2.24) is 10.6 Å². The number of fused-ring (bicyclic) bond motifs is 1. The number of carbonyl (C=O) groups is 1. The zero-order valence-corrected chi connectivity index (χ0v) is 17.1. The van der Waals surface area contributed by atoms with E-state index in [1.54, 1.807) is 20.8 Å². The number of hydrogen-bond donors (Lipinski definition) is 2. The van der Waals surface area contributed by atoms with Crippen molar-refractivity contribution in [2.24, 2.45) is 10.2 Å². The molecule has 0 saturated carbocycles. The highest BCUT2D eigenvalue weighted by Crippen LogP contribution is 2.54. The number of rotatable bonds is 3. The topological polar surface area (TPSA) is 65.8 Å². The van der Waals surface area contributed by atoms with Crippen molar-refractivity contribution in [1.29, 1.82) is 0 Å². The first-order chi connectivity index (χ1) is 14.4. The molecule has 5 nitrogen and oxygen atoms in total. The Bertz CT molecular complexity index is 1040. The van der Waals surface area contributed by atoms with Gasteiger partial charge in [0.05, 0.1) is 11.0 Å². The molecule has 0 bridgehead atoms. The maximum atomic E-state index is 13.9. The van der Waals surface area contributed by atoms with E-state index in [0.717, 1.165) is 0 Å². The highest BCUT2D eigenvalue weighted by molar-refractivity contribution is 6.00. The Morgan fingerprint density at radius 2 is 1.97 bits per heavy atom. The second kappa shape index (κ2) is 6.86. The van der Waals surface area contributed by atoms with Crippen molar-refractivity contribution >= 4 is 5.91 Å². The van der Waals surface area contributed by atoms with Crippen LogP contribution >= 0.6 is 0 Å². The summed E-state index contributed by atoms with van der Waals surface area (Å²) in [6, 6.07) is 5.23. The SMILES string of the molecule is CCC1(c2cccc(C(F)F)c2)C2=C(CC(C)(C)NC2=O)NC2N=NC(C(F)(F)F)=C21. The molecule has 10 heteroatoms. The zero-order valence-electron chi connectivity index (χ0n) is 17.1. The molecule has 1 aromatic rings. The van der Waals surface area contributed by atoms with Crippen LogP contribution in [0.15, 0.2) is 57.0 Å². The molecule has 0 radical (unpaired) electrons. The fraction of sp³-hybridized carbons (Fsp3) is 0.476. The largest absolute Gasteiger partial charge is 0.435 e. The Hall–Kier alpha value is -2.78. The molecular weight excluding hydrogens is 419 g/mol. The molecular formula is C21H21F5N4O. The maximum absolute atomic E-state index is 13.9. The highest BCUT2D eigenvalue weighted by Gasteiger charge is 2.57. The molecule has 166 valence electrons. The second-order valence-corrected chi connectivity index (χ2v) is 8.58. The van der Waals surface area contributed by atoms with E-state index in [2.05, 4.69) is 20.9 Å². The molecule has 3 aliphatic heterocycles. The van der Waals surface area contributed by atoms with Crippen molar-refractivity contribution in [3.8, 4) is 0 Å². The molecule has 0 spiro atoms. The summed E-state index contributed by atoms with van der Waals surface area (Å²) in [4.78, 5) is 13.2. The van der Waals surface area contributed by atoms with Gasteiger partial charge in [0.15, 0.2) is 11.9 Å². The molecule has 31 heavy (non-hydrogen) atoms. The van der Waals surface area contributed by atoms with E-state index in [1.165, 1.54) is 24.3 Å². The van der Waals surface area contributed by atoms with E-state index in [4.69, 9.17) is 0 Å². The van der Waals surface area contributed by atoms with Gasteiger partial charge >= 0.3 is 6.18 Å². The Morgan fingerprint density at radius 1 is 1.26 bits per heavy atom. The predicted octanol–water partition coefficient (Wildman–Crippen LogP) is 5.04. The first-order valence-corrected chi connectivity index (χ1v) is 9.84. The first-order valence-electron chi connectivity index (χ1n) is 9.84. The number of halogens is 5. The van der Waals surface area contributed by atoms with Crippen LogP contribution in [-0.4, -0.2) is 23.8 Å². The zero-order chi connectivity index (χ0) is 22.8. The molecule has 0 aromatic heterocycles. The van der Waals surface area contributed by atoms with Crippen LogP contribution in [0, 0.1) is 0 Å². The van der Waals surface area contributed by atoms with E-state index in [-0.39, 0.29) is 28.7 Å². The number of benzene rings is 1. The van der Waals surface area contributed by atoms with Crippen LogP contribution in [0.25, 0.3) is 0 Å². The van der Waals surface area contributed by atoms with Gasteiger partial charge in [-0.15, -0.1) is 5.11 Å². The number of carbonyl (C=O) groups excluding carboxylic acids is 1. The third-order valence-corrected chi connectivity index (χ3v) is 6.03. The van der Waals surface area contributed by atoms with Crippen LogP contribution in [0.1, 0.15) is 51.2 Å². The molecule has 3 heterocycles. The lowest BCUT2D eigenvalue weighted by atomic mass is 9.61. The Morgan fingerprint density at radius 3 is 2.58 bits per heavy atom. The molecule has 2 atom stereocenters. The van der Waals surface area contributed by atoms with Gasteiger partial charge in [-0.3, -0.25) is 4.79 Å². The summed E-state index contributed by atoms with van der Waals surface area (Å²) >= 11 is 0. The Labute approximate surface area is 175 Å². The fourth-order valence-electron chi connectivity index (χ4n) is 4.87. The maximum Gasteiger partial charge on any atom is 0.435 e. The minimum atomic E-state index is -4.82. The minimum Gasteiger partial charge on any atom is -0.362 e. The summed E-state index contributed by atoms with van der Waals surface area (Å²) in [5, 5.41) is 13.0. The average molecular weight is 440 g/mol. The van der Waals surface area contributed by atoms with Crippen LogP contribution in [0.5, 0.6) is 0 Å². The number of hydrogen-bond acceptors (Lipinski definition) is 4. The standard InChI is InChI=1S/C21H21F5N4O/c1-4-20(11-7-5-6-10(8-11)16(22)23)13-12(9-19(2,3)28-18(13)31)27-17-14(20)15(29-30-17)21(24,25)26/h5-8,16-17,27H,4,9H2,1-3H3,(H,28,31). The van der Waals surface area contributed by atoms with Crippen LogP contribution in [0.3, 0.4) is 0 Å². The van der Waals surface area contributed by atoms with Gasteiger partial charge in [-0.05, 0) is 31.9 Å². The van der Waals surface area contributed by atoms with E-state index >= 15 is 0 Å². The monoisotopic (exact) mass is 440 g/mol. The number of allylic oxidation sites excluding steroid dienone is 1. The lowest BCUT2D eigenvalue weighted by molar-refractivity contribution is -0.120. The lowest BCUT2D eigenvalue weighted by Gasteiger charge is -2.48. The summed E-state index contributed by atoms with van der Waals surface area (Å²) in [6.07, 6.45) is -8.41.